The average molecular weight is 301 g/mol. The fourth-order valence-electron chi connectivity index (χ4n) is 3.15. The number of hydrogen-bond acceptors (Lipinski definition) is 3. The van der Waals surface area contributed by atoms with Gasteiger partial charge in [-0.05, 0) is 50.3 Å². The predicted octanol–water partition coefficient (Wildman–Crippen LogP) is 1.77. The molecule has 0 radical (unpaired) electrons. The van der Waals surface area contributed by atoms with Gasteiger partial charge in [-0.15, -0.1) is 0 Å². The van der Waals surface area contributed by atoms with Crippen molar-refractivity contribution in [3.05, 3.63) is 35.9 Å². The second-order valence-electron chi connectivity index (χ2n) is 6.70. The van der Waals surface area contributed by atoms with Crippen LogP contribution < -0.4 is 10.6 Å². The first-order valence-corrected chi connectivity index (χ1v) is 8.56. The zero-order valence-corrected chi connectivity index (χ0v) is 13.3. The molecule has 0 aromatic heterocycles. The second-order valence-corrected chi connectivity index (χ2v) is 6.70. The van der Waals surface area contributed by atoms with Crippen LogP contribution in [0.4, 0.5) is 0 Å². The van der Waals surface area contributed by atoms with E-state index in [1.807, 2.05) is 0 Å². The van der Waals surface area contributed by atoms with Crippen LogP contribution in [0.15, 0.2) is 30.3 Å². The Bertz CT molecular complexity index is 472. The summed E-state index contributed by atoms with van der Waals surface area (Å²) in [7, 11) is 0. The molecule has 1 heterocycles. The topological polar surface area (TPSA) is 44.4 Å². The third-order valence-corrected chi connectivity index (χ3v) is 4.54. The van der Waals surface area contributed by atoms with Crippen LogP contribution in [0.25, 0.3) is 0 Å². The molecule has 1 atom stereocenters. The fraction of sp³-hybridized carbons (Fsp3) is 0.611. The van der Waals surface area contributed by atoms with E-state index in [4.69, 9.17) is 0 Å². The van der Waals surface area contributed by atoms with E-state index in [1.165, 1.54) is 18.4 Å². The van der Waals surface area contributed by atoms with Gasteiger partial charge >= 0.3 is 0 Å². The summed E-state index contributed by atoms with van der Waals surface area (Å²) in [5, 5.41) is 6.45. The van der Waals surface area contributed by atoms with E-state index in [-0.39, 0.29) is 5.91 Å². The number of carbonyl (C=O) groups is 1. The Balaban J connectivity index is 1.38. The molecule has 0 spiro atoms. The molecule has 1 saturated heterocycles. The highest BCUT2D eigenvalue weighted by Crippen LogP contribution is 2.27. The molecule has 1 aliphatic carbocycles. The first-order valence-electron chi connectivity index (χ1n) is 8.56. The van der Waals surface area contributed by atoms with Crippen molar-refractivity contribution in [1.29, 1.82) is 0 Å². The summed E-state index contributed by atoms with van der Waals surface area (Å²) >= 11 is 0. The predicted molar refractivity (Wildman–Crippen MR) is 88.5 cm³/mol. The van der Waals surface area contributed by atoms with Gasteiger partial charge in [0.25, 0.3) is 0 Å². The van der Waals surface area contributed by atoms with E-state index >= 15 is 0 Å². The van der Waals surface area contributed by atoms with Crippen molar-refractivity contribution >= 4 is 5.91 Å². The largest absolute Gasteiger partial charge is 0.351 e. The van der Waals surface area contributed by atoms with Crippen LogP contribution >= 0.6 is 0 Å². The van der Waals surface area contributed by atoms with Crippen LogP contribution in [0.5, 0.6) is 0 Å². The highest BCUT2D eigenvalue weighted by Gasteiger charge is 2.23. The molecular weight excluding hydrogens is 274 g/mol. The van der Waals surface area contributed by atoms with Gasteiger partial charge in [-0.1, -0.05) is 30.3 Å². The van der Waals surface area contributed by atoms with Gasteiger partial charge in [0.1, 0.15) is 0 Å². The summed E-state index contributed by atoms with van der Waals surface area (Å²) in [5.41, 5.74) is 1.35. The Labute approximate surface area is 133 Å². The molecule has 1 aliphatic heterocycles. The van der Waals surface area contributed by atoms with Gasteiger partial charge in [0.15, 0.2) is 0 Å². The summed E-state index contributed by atoms with van der Waals surface area (Å²) < 4.78 is 0. The number of nitrogens with one attached hydrogen (secondary N) is 2. The minimum absolute atomic E-state index is 0.146. The van der Waals surface area contributed by atoms with E-state index in [9.17, 15) is 4.79 Å². The van der Waals surface area contributed by atoms with E-state index in [1.54, 1.807) is 0 Å². The van der Waals surface area contributed by atoms with Gasteiger partial charge in [0, 0.05) is 19.1 Å². The Morgan fingerprint density at radius 2 is 2.00 bits per heavy atom. The maximum Gasteiger partial charge on any atom is 0.234 e. The van der Waals surface area contributed by atoms with Crippen LogP contribution in [-0.4, -0.2) is 43.0 Å². The lowest BCUT2D eigenvalue weighted by Crippen LogP contribution is -2.49. The van der Waals surface area contributed by atoms with Crippen molar-refractivity contribution < 1.29 is 4.79 Å². The lowest BCUT2D eigenvalue weighted by atomic mass is 10.0. The number of nitrogens with zero attached hydrogens (tertiary/aromatic N) is 1. The van der Waals surface area contributed by atoms with Gasteiger partial charge in [-0.3, -0.25) is 9.69 Å². The standard InChI is InChI=1S/C18H27N3O/c22-18(12-19-11-15-8-9-15)20-17-7-4-10-21(14-17)13-16-5-2-1-3-6-16/h1-3,5-6,15,17,19H,4,7-14H2,(H,20,22). The molecule has 1 amide bonds. The fourth-order valence-corrected chi connectivity index (χ4v) is 3.15. The van der Waals surface area contributed by atoms with E-state index < -0.39 is 0 Å². The number of carbonyl (C=O) groups excluding carboxylic acids is 1. The second kappa shape index (κ2) is 7.75. The van der Waals surface area contributed by atoms with Crippen molar-refractivity contribution in [2.24, 2.45) is 5.92 Å². The monoisotopic (exact) mass is 301 g/mol. The van der Waals surface area contributed by atoms with E-state index in [0.29, 0.717) is 12.6 Å². The molecule has 2 N–H and O–H groups in total. The molecule has 4 nitrogen and oxygen atoms in total. The zero-order chi connectivity index (χ0) is 15.2. The van der Waals surface area contributed by atoms with Crippen LogP contribution in [0.2, 0.25) is 0 Å². The summed E-state index contributed by atoms with van der Waals surface area (Å²) in [6.07, 6.45) is 4.91. The quantitative estimate of drug-likeness (QED) is 0.807. The molecule has 1 aromatic rings. The number of hydrogen-bond donors (Lipinski definition) is 2. The highest BCUT2D eigenvalue weighted by atomic mass is 16.2. The smallest absolute Gasteiger partial charge is 0.234 e. The summed E-state index contributed by atoms with van der Waals surface area (Å²) in [5.74, 6) is 0.969. The maximum atomic E-state index is 12.0. The SMILES string of the molecule is O=C(CNCC1CC1)NC1CCCN(Cc2ccccc2)C1. The van der Waals surface area contributed by atoms with Crippen molar-refractivity contribution in [3.8, 4) is 0 Å². The van der Waals surface area contributed by atoms with Crippen molar-refractivity contribution in [3.63, 3.8) is 0 Å². The number of likely N-dealkylation sites (tertiary alicyclic amines) is 1. The van der Waals surface area contributed by atoms with Crippen molar-refractivity contribution in [1.82, 2.24) is 15.5 Å². The van der Waals surface area contributed by atoms with Gasteiger partial charge < -0.3 is 10.6 Å². The van der Waals surface area contributed by atoms with E-state index in [0.717, 1.165) is 44.9 Å². The number of piperidine rings is 1. The minimum atomic E-state index is 0.146. The maximum absolute atomic E-state index is 12.0. The molecule has 1 aromatic carbocycles. The van der Waals surface area contributed by atoms with Crippen LogP contribution in [-0.2, 0) is 11.3 Å². The van der Waals surface area contributed by atoms with Gasteiger partial charge in [-0.2, -0.15) is 0 Å². The lowest BCUT2D eigenvalue weighted by Gasteiger charge is -2.33. The molecule has 1 saturated carbocycles. The van der Waals surface area contributed by atoms with Crippen LogP contribution in [0.1, 0.15) is 31.2 Å². The molecule has 120 valence electrons. The molecule has 2 fully saturated rings. The summed E-state index contributed by atoms with van der Waals surface area (Å²) in [6, 6.07) is 10.9. The zero-order valence-electron chi connectivity index (χ0n) is 13.3. The van der Waals surface area contributed by atoms with Gasteiger partial charge in [0.05, 0.1) is 6.54 Å². The Morgan fingerprint density at radius 3 is 2.77 bits per heavy atom. The highest BCUT2D eigenvalue weighted by molar-refractivity contribution is 5.78. The van der Waals surface area contributed by atoms with Crippen molar-refractivity contribution in [2.75, 3.05) is 26.2 Å². The van der Waals surface area contributed by atoms with Crippen LogP contribution in [0.3, 0.4) is 0 Å². The molecule has 4 heteroatoms. The number of rotatable bonds is 7. The van der Waals surface area contributed by atoms with Crippen molar-refractivity contribution in [2.45, 2.75) is 38.3 Å². The normalized spacial score (nSPS) is 22.5. The minimum Gasteiger partial charge on any atom is -0.351 e. The molecule has 0 bridgehead atoms. The number of amides is 1. The first kappa shape index (κ1) is 15.5. The third-order valence-electron chi connectivity index (χ3n) is 4.54. The molecule has 1 unspecified atom stereocenters. The summed E-state index contributed by atoms with van der Waals surface area (Å²) in [4.78, 5) is 14.4. The lowest BCUT2D eigenvalue weighted by molar-refractivity contribution is -0.121. The first-order chi connectivity index (χ1) is 10.8. The summed E-state index contributed by atoms with van der Waals surface area (Å²) in [6.45, 7) is 4.53. The Kier molecular flexibility index (Phi) is 5.46. The van der Waals surface area contributed by atoms with Crippen LogP contribution in [0, 0.1) is 5.92 Å². The molecule has 3 rings (SSSR count). The average Bonchev–Trinajstić information content (AvgIpc) is 3.33. The third kappa shape index (κ3) is 5.11. The number of benzene rings is 1. The Hall–Kier alpha value is -1.39. The Morgan fingerprint density at radius 1 is 1.18 bits per heavy atom. The molecular formula is C18H27N3O. The molecule has 2 aliphatic rings. The molecule has 22 heavy (non-hydrogen) atoms. The van der Waals surface area contributed by atoms with Gasteiger partial charge in [-0.25, -0.2) is 0 Å². The van der Waals surface area contributed by atoms with E-state index in [2.05, 4.69) is 45.9 Å². The van der Waals surface area contributed by atoms with Gasteiger partial charge in [0.2, 0.25) is 5.91 Å².